The van der Waals surface area contributed by atoms with Crippen LogP contribution in [0.25, 0.3) is 152 Å². The molecule has 18 rings (SSSR count). The van der Waals surface area contributed by atoms with E-state index in [1.807, 2.05) is 136 Å². The third kappa shape index (κ3) is 24.1. The van der Waals surface area contributed by atoms with Crippen LogP contribution in [0.15, 0.2) is 157 Å². The Hall–Kier alpha value is -6.30. The molecule has 144 heavy (non-hydrogen) atoms. The van der Waals surface area contributed by atoms with Crippen molar-refractivity contribution >= 4 is 222 Å². The molecule has 2 aliphatic heterocycles. The molecular formula is C126H152N2O2S14. The molecule has 18 heteroatoms. The fourth-order valence-electron chi connectivity index (χ4n) is 22.2. The SMILES string of the molecule is CCCCCCc1ccc(-c2ccc(-c3cc4c(-c5ccc(CC(CC)CCCC)s5)c5sc(-c6ccc(C7=C8C(=O)N(CC(CC)CCCC)C(c9ccc(-c%10cc%11c(-c%12ccc(CC(CC)CCCC)s%12)c%12sc(-c%13ccc(-c%14ccc(CCCCCC)s%14)s%13)cc%12c(-c%12ccc(CC(CC)CCCC)s%12)c%11s%10)s9)=C8C(=O)N7CC(CC)CCCC)s6)cc5c(-c5ccc(CC(CC)CCCC)s5)c4s3)s2)s1. The zero-order valence-corrected chi connectivity index (χ0v) is 99.5. The van der Waals surface area contributed by atoms with Gasteiger partial charge >= 0.3 is 0 Å². The maximum atomic E-state index is 17.0. The van der Waals surface area contributed by atoms with E-state index in [0.717, 1.165) is 111 Å². The highest BCUT2D eigenvalue weighted by molar-refractivity contribution is 7.32. The number of amides is 2. The van der Waals surface area contributed by atoms with Crippen molar-refractivity contribution in [1.82, 2.24) is 9.80 Å². The Kier molecular flexibility index (Phi) is 38.2. The second kappa shape index (κ2) is 51.2. The first-order chi connectivity index (χ1) is 70.5. The van der Waals surface area contributed by atoms with Crippen LogP contribution in [0, 0.1) is 35.5 Å². The lowest BCUT2D eigenvalue weighted by atomic mass is 9.95. The zero-order chi connectivity index (χ0) is 100. The van der Waals surface area contributed by atoms with E-state index < -0.39 is 0 Å². The van der Waals surface area contributed by atoms with Crippen molar-refractivity contribution in [2.24, 2.45) is 35.5 Å². The Morgan fingerprint density at radius 1 is 0.208 bits per heavy atom. The Bertz CT molecular complexity index is 6380. The van der Waals surface area contributed by atoms with Crippen LogP contribution in [-0.4, -0.2) is 34.7 Å². The van der Waals surface area contributed by atoms with Crippen LogP contribution in [-0.2, 0) is 48.1 Å². The van der Waals surface area contributed by atoms with Gasteiger partial charge in [0.15, 0.2) is 0 Å². The molecule has 0 radical (unpaired) electrons. The zero-order valence-electron chi connectivity index (χ0n) is 88.0. The minimum Gasteiger partial charge on any atom is -0.306 e. The number of unbranched alkanes of at least 4 members (excludes halogenated alkanes) is 12. The number of nitrogens with zero attached hydrogens (tertiary/aromatic N) is 2. The molecular weight excluding hydrogens is 2020 g/mol. The largest absolute Gasteiger partial charge is 0.306 e. The van der Waals surface area contributed by atoms with E-state index in [4.69, 9.17) is 0 Å². The molecule has 0 aliphatic carbocycles. The molecule has 0 spiro atoms. The molecule has 4 nitrogen and oxygen atoms in total. The van der Waals surface area contributed by atoms with Crippen LogP contribution < -0.4 is 0 Å². The molecule has 0 fully saturated rings. The summed E-state index contributed by atoms with van der Waals surface area (Å²) in [5, 5.41) is 5.36. The Labute approximate surface area is 917 Å². The van der Waals surface area contributed by atoms with Gasteiger partial charge in [0.2, 0.25) is 0 Å². The minimum absolute atomic E-state index is 0.0209. The van der Waals surface area contributed by atoms with Gasteiger partial charge in [-0.15, -0.1) is 159 Å². The van der Waals surface area contributed by atoms with Crippen LogP contribution in [0.2, 0.25) is 0 Å². The van der Waals surface area contributed by atoms with Crippen LogP contribution in [0.5, 0.6) is 0 Å². The molecule has 0 bridgehead atoms. The van der Waals surface area contributed by atoms with Gasteiger partial charge in [0.05, 0.1) is 32.3 Å². The summed E-state index contributed by atoms with van der Waals surface area (Å²) in [5.74, 6) is 3.10. The summed E-state index contributed by atoms with van der Waals surface area (Å²) in [6.07, 6.45) is 45.1. The molecule has 2 aliphatic rings. The summed E-state index contributed by atoms with van der Waals surface area (Å²) in [7, 11) is 0. The molecule has 0 saturated carbocycles. The highest BCUT2D eigenvalue weighted by atomic mass is 32.2. The van der Waals surface area contributed by atoms with Crippen molar-refractivity contribution in [3.8, 4) is 100 Å². The second-order valence-electron chi connectivity index (χ2n) is 41.4. The normalized spacial score (nSPS) is 14.5. The molecule has 14 aromatic heterocycles. The van der Waals surface area contributed by atoms with Crippen LogP contribution in [0.3, 0.4) is 0 Å². The highest BCUT2D eigenvalue weighted by Gasteiger charge is 2.51. The maximum Gasteiger partial charge on any atom is 0.261 e. The van der Waals surface area contributed by atoms with Crippen molar-refractivity contribution < 1.29 is 9.59 Å². The van der Waals surface area contributed by atoms with Crippen molar-refractivity contribution in [1.29, 1.82) is 0 Å². The Morgan fingerprint density at radius 2 is 0.424 bits per heavy atom. The van der Waals surface area contributed by atoms with E-state index in [1.165, 1.54) is 324 Å². The lowest BCUT2D eigenvalue weighted by Crippen LogP contribution is -2.34. The number of hydrogen-bond donors (Lipinski definition) is 0. The lowest BCUT2D eigenvalue weighted by molar-refractivity contribution is -0.124. The van der Waals surface area contributed by atoms with Crippen molar-refractivity contribution in [2.75, 3.05) is 13.1 Å². The summed E-state index contributed by atoms with van der Waals surface area (Å²) >= 11 is 27.6. The van der Waals surface area contributed by atoms with Gasteiger partial charge in [-0.05, 0) is 245 Å². The minimum atomic E-state index is -0.0209. The van der Waals surface area contributed by atoms with E-state index in [0.29, 0.717) is 47.9 Å². The van der Waals surface area contributed by atoms with Crippen LogP contribution in [0.1, 0.15) is 341 Å². The number of fused-ring (bicyclic) bond motifs is 5. The van der Waals surface area contributed by atoms with Gasteiger partial charge in [-0.1, -0.05) is 277 Å². The van der Waals surface area contributed by atoms with E-state index in [-0.39, 0.29) is 23.7 Å². The average molecular weight is 2180 g/mol. The van der Waals surface area contributed by atoms with Gasteiger partial charge in [0.1, 0.15) is 0 Å². The summed E-state index contributed by atoms with van der Waals surface area (Å²) in [4.78, 5) is 70.2. The second-order valence-corrected chi connectivity index (χ2v) is 56.9. The van der Waals surface area contributed by atoms with E-state index in [1.54, 1.807) is 22.7 Å². The maximum absolute atomic E-state index is 17.0. The fourth-order valence-corrected chi connectivity index (χ4v) is 38.9. The molecule has 2 aromatic carbocycles. The quantitative estimate of drug-likeness (QED) is 0.0357. The van der Waals surface area contributed by atoms with Crippen molar-refractivity contribution in [3.05, 3.63) is 196 Å². The van der Waals surface area contributed by atoms with Gasteiger partial charge in [0.25, 0.3) is 11.8 Å². The number of aryl methyl sites for hydroxylation is 2. The molecule has 6 atom stereocenters. The van der Waals surface area contributed by atoms with Gasteiger partial charge in [-0.25, -0.2) is 0 Å². The molecule has 6 unspecified atom stereocenters. The predicted molar refractivity (Wildman–Crippen MR) is 655 cm³/mol. The molecule has 0 saturated heterocycles. The monoisotopic (exact) mass is 2170 g/mol. The lowest BCUT2D eigenvalue weighted by Gasteiger charge is -2.29. The summed E-state index contributed by atoms with van der Waals surface area (Å²) < 4.78 is 5.44. The Morgan fingerprint density at radius 3 is 0.688 bits per heavy atom. The molecule has 16 aromatic rings. The third-order valence-electron chi connectivity index (χ3n) is 31.1. The number of carbonyl (C=O) groups is 2. The number of thiophene rings is 14. The van der Waals surface area contributed by atoms with Crippen molar-refractivity contribution in [3.63, 3.8) is 0 Å². The van der Waals surface area contributed by atoms with Gasteiger partial charge in [-0.2, -0.15) is 0 Å². The number of hydrogen-bond acceptors (Lipinski definition) is 16. The van der Waals surface area contributed by atoms with E-state index in [2.05, 4.69) is 252 Å². The van der Waals surface area contributed by atoms with Crippen LogP contribution in [0.4, 0.5) is 0 Å². The van der Waals surface area contributed by atoms with Gasteiger partial charge < -0.3 is 9.80 Å². The predicted octanol–water partition coefficient (Wildman–Crippen LogP) is 45.4. The first-order valence-electron chi connectivity index (χ1n) is 55.7. The highest BCUT2D eigenvalue weighted by Crippen LogP contribution is 2.61. The van der Waals surface area contributed by atoms with Crippen LogP contribution >= 0.6 is 159 Å². The summed E-state index contributed by atoms with van der Waals surface area (Å²) in [5.41, 5.74) is 8.28. The first-order valence-corrected chi connectivity index (χ1v) is 67.1. The fraction of sp³-hybridized carbons (Fsp3) is 0.476. The van der Waals surface area contributed by atoms with E-state index >= 15 is 9.59 Å². The summed E-state index contributed by atoms with van der Waals surface area (Å²) in [6, 6.07) is 58.7. The van der Waals surface area contributed by atoms with Gasteiger partial charge in [0, 0.05) is 183 Å². The Balaban J connectivity index is 0.793. The molecule has 762 valence electrons. The molecule has 0 N–H and O–H groups in total. The molecule has 2 amide bonds. The number of rotatable bonds is 58. The molecule has 16 heterocycles. The topological polar surface area (TPSA) is 40.6 Å². The number of benzene rings is 2. The van der Waals surface area contributed by atoms with Gasteiger partial charge in [-0.3, -0.25) is 9.59 Å². The average Bonchev–Trinajstić information content (AvgIpc) is 1.55. The van der Waals surface area contributed by atoms with E-state index in [9.17, 15) is 0 Å². The smallest absolute Gasteiger partial charge is 0.261 e. The summed E-state index contributed by atoms with van der Waals surface area (Å²) in [6.45, 7) is 33.9. The first kappa shape index (κ1) is 108. The standard InChI is InChI=1S/C126H152N2O2S14/c1-15-29-37-39-47-85-49-55-95(131-85)97-61-63-99(137-97)109-73-91-113(103-57-51-87(133-103)69-79(23-9)41-31-17-3)123-93(115(121(91)141-109)105-59-53-89(135-105)71-81(25-11)43-33-19-5)75-111(143-123)101-65-67-107(139-101)119-117-118(126(130)127(119)77-83(27-13)45-35-21-7)120(128(125(117)129)78-84(28-14)46-36-22-8)108-68-66-102(140-108)112-76-94-116(106-60-54-90(136-106)72-82(26-12)44-34-20-6)122-92(114(124(94)144-112)104-58-52-88(134-104)70-80(24-10)42-32-18-4)74-110(142-122)100-64-62-98(138-100)96-56-50-86(132-96)48-40-38-30-16-2/h49-68,73-76,79-84H,15-48,69-72,77-78H2,1-14H3. The third-order valence-corrected chi connectivity index (χ3v) is 48.0. The van der Waals surface area contributed by atoms with Crippen molar-refractivity contribution in [2.45, 2.75) is 341 Å². The number of carbonyl (C=O) groups excluding carboxylic acids is 2.